The highest BCUT2D eigenvalue weighted by Gasteiger charge is 2.17. The largest absolute Gasteiger partial charge is 0.484 e. The molecule has 1 aromatic carbocycles. The molecule has 20 heavy (non-hydrogen) atoms. The SMILES string of the molecule is CC[C@@H](NC(=O)COc1ccc(C(C)C)cc1)C(=O)O. The van der Waals surface area contributed by atoms with Crippen LogP contribution in [0.4, 0.5) is 0 Å². The van der Waals surface area contributed by atoms with E-state index in [1.54, 1.807) is 19.1 Å². The van der Waals surface area contributed by atoms with Crippen LogP contribution in [-0.2, 0) is 9.59 Å². The molecule has 0 aliphatic carbocycles. The zero-order chi connectivity index (χ0) is 15.1. The molecule has 0 bridgehead atoms. The number of rotatable bonds is 7. The standard InChI is InChI=1S/C15H21NO4/c1-4-13(15(18)19)16-14(17)9-20-12-7-5-11(6-8-12)10(2)3/h5-8,10,13H,4,9H2,1-3H3,(H,16,17)(H,18,19)/t13-/m1/s1. The summed E-state index contributed by atoms with van der Waals surface area (Å²) in [7, 11) is 0. The van der Waals surface area contributed by atoms with Crippen LogP contribution in [0.1, 0.15) is 38.7 Å². The van der Waals surface area contributed by atoms with Crippen LogP contribution in [0.25, 0.3) is 0 Å². The number of carboxylic acid groups (broad SMARTS) is 1. The highest BCUT2D eigenvalue weighted by Crippen LogP contribution is 2.18. The average Bonchev–Trinajstić information content (AvgIpc) is 2.42. The molecule has 1 atom stereocenters. The van der Waals surface area contributed by atoms with Crippen molar-refractivity contribution in [2.75, 3.05) is 6.61 Å². The third-order valence-corrected chi connectivity index (χ3v) is 2.96. The number of aliphatic carboxylic acids is 1. The number of nitrogens with one attached hydrogen (secondary N) is 1. The summed E-state index contributed by atoms with van der Waals surface area (Å²) in [6.45, 7) is 5.70. The molecule has 0 heterocycles. The molecule has 110 valence electrons. The number of amides is 1. The van der Waals surface area contributed by atoms with Gasteiger partial charge in [-0.25, -0.2) is 4.79 Å². The van der Waals surface area contributed by atoms with Crippen molar-refractivity contribution >= 4 is 11.9 Å². The molecule has 0 unspecified atom stereocenters. The second-order valence-electron chi connectivity index (χ2n) is 4.88. The first-order chi connectivity index (χ1) is 9.43. The van der Waals surface area contributed by atoms with Gasteiger partial charge in [-0.3, -0.25) is 4.79 Å². The minimum absolute atomic E-state index is 0.190. The van der Waals surface area contributed by atoms with Crippen LogP contribution >= 0.6 is 0 Å². The third-order valence-electron chi connectivity index (χ3n) is 2.96. The molecule has 5 heteroatoms. The highest BCUT2D eigenvalue weighted by atomic mass is 16.5. The maximum absolute atomic E-state index is 11.6. The predicted octanol–water partition coefficient (Wildman–Crippen LogP) is 2.17. The van der Waals surface area contributed by atoms with E-state index in [1.165, 1.54) is 5.56 Å². The summed E-state index contributed by atoms with van der Waals surface area (Å²) >= 11 is 0. The van der Waals surface area contributed by atoms with Gasteiger partial charge in [0.2, 0.25) is 0 Å². The topological polar surface area (TPSA) is 75.6 Å². The second-order valence-corrected chi connectivity index (χ2v) is 4.88. The molecular weight excluding hydrogens is 258 g/mol. The van der Waals surface area contributed by atoms with E-state index in [0.717, 1.165) is 0 Å². The molecule has 0 fully saturated rings. The summed E-state index contributed by atoms with van der Waals surface area (Å²) in [6, 6.07) is 6.64. The molecule has 5 nitrogen and oxygen atoms in total. The molecule has 0 aromatic heterocycles. The molecule has 2 N–H and O–H groups in total. The van der Waals surface area contributed by atoms with E-state index in [2.05, 4.69) is 19.2 Å². The Morgan fingerprint density at radius 3 is 2.30 bits per heavy atom. The molecule has 1 rings (SSSR count). The van der Waals surface area contributed by atoms with Crippen molar-refractivity contribution in [3.63, 3.8) is 0 Å². The third kappa shape index (κ3) is 4.91. The number of hydrogen-bond acceptors (Lipinski definition) is 3. The van der Waals surface area contributed by atoms with Crippen molar-refractivity contribution in [3.05, 3.63) is 29.8 Å². The van der Waals surface area contributed by atoms with E-state index < -0.39 is 17.9 Å². The van der Waals surface area contributed by atoms with E-state index >= 15 is 0 Å². The molecule has 0 aliphatic heterocycles. The molecule has 0 spiro atoms. The summed E-state index contributed by atoms with van der Waals surface area (Å²) in [6.07, 6.45) is 0.337. The van der Waals surface area contributed by atoms with Gasteiger partial charge in [0.25, 0.3) is 5.91 Å². The van der Waals surface area contributed by atoms with Gasteiger partial charge in [0.05, 0.1) is 0 Å². The fourth-order valence-corrected chi connectivity index (χ4v) is 1.67. The van der Waals surface area contributed by atoms with Crippen molar-refractivity contribution < 1.29 is 19.4 Å². The van der Waals surface area contributed by atoms with Crippen LogP contribution in [0.3, 0.4) is 0 Å². The van der Waals surface area contributed by atoms with Crippen LogP contribution in [-0.4, -0.2) is 29.6 Å². The van der Waals surface area contributed by atoms with Gasteiger partial charge < -0.3 is 15.2 Å². The number of ether oxygens (including phenoxy) is 1. The monoisotopic (exact) mass is 279 g/mol. The number of hydrogen-bond donors (Lipinski definition) is 2. The van der Waals surface area contributed by atoms with Crippen molar-refractivity contribution in [1.29, 1.82) is 0 Å². The van der Waals surface area contributed by atoms with E-state index in [4.69, 9.17) is 9.84 Å². The molecule has 1 aromatic rings. The zero-order valence-electron chi connectivity index (χ0n) is 12.1. The summed E-state index contributed by atoms with van der Waals surface area (Å²) in [5.74, 6) is -0.449. The summed E-state index contributed by atoms with van der Waals surface area (Å²) in [4.78, 5) is 22.4. The molecular formula is C15H21NO4. The van der Waals surface area contributed by atoms with Crippen LogP contribution in [0.2, 0.25) is 0 Å². The van der Waals surface area contributed by atoms with Gasteiger partial charge in [-0.15, -0.1) is 0 Å². The first kappa shape index (κ1) is 16.0. The molecule has 0 aliphatic rings. The lowest BCUT2D eigenvalue weighted by Gasteiger charge is -2.13. The van der Waals surface area contributed by atoms with E-state index in [1.807, 2.05) is 12.1 Å². The lowest BCUT2D eigenvalue weighted by Crippen LogP contribution is -2.42. The van der Waals surface area contributed by atoms with Crippen molar-refractivity contribution in [2.24, 2.45) is 0 Å². The van der Waals surface area contributed by atoms with Crippen molar-refractivity contribution in [2.45, 2.75) is 39.2 Å². The van der Waals surface area contributed by atoms with Crippen molar-refractivity contribution in [3.8, 4) is 5.75 Å². The minimum atomic E-state index is -1.04. The molecule has 0 radical (unpaired) electrons. The lowest BCUT2D eigenvalue weighted by molar-refractivity contribution is -0.142. The molecule has 1 amide bonds. The van der Waals surface area contributed by atoms with Crippen molar-refractivity contribution in [1.82, 2.24) is 5.32 Å². The van der Waals surface area contributed by atoms with Crippen LogP contribution in [0.15, 0.2) is 24.3 Å². The van der Waals surface area contributed by atoms with Gasteiger partial charge >= 0.3 is 5.97 Å². The van der Waals surface area contributed by atoms with Gasteiger partial charge in [-0.2, -0.15) is 0 Å². The van der Waals surface area contributed by atoms with Gasteiger partial charge in [0, 0.05) is 0 Å². The fourth-order valence-electron chi connectivity index (χ4n) is 1.67. The van der Waals surface area contributed by atoms with Crippen LogP contribution in [0, 0.1) is 0 Å². The fraction of sp³-hybridized carbons (Fsp3) is 0.467. The predicted molar refractivity (Wildman–Crippen MR) is 75.9 cm³/mol. The molecule has 0 saturated heterocycles. The van der Waals surface area contributed by atoms with Gasteiger partial charge in [-0.1, -0.05) is 32.9 Å². The smallest absolute Gasteiger partial charge is 0.326 e. The highest BCUT2D eigenvalue weighted by molar-refractivity contribution is 5.84. The number of carbonyl (C=O) groups excluding carboxylic acids is 1. The quantitative estimate of drug-likeness (QED) is 0.802. The average molecular weight is 279 g/mol. The number of carbonyl (C=O) groups is 2. The lowest BCUT2D eigenvalue weighted by atomic mass is 10.0. The van der Waals surface area contributed by atoms with Gasteiger partial charge in [0.1, 0.15) is 11.8 Å². The maximum Gasteiger partial charge on any atom is 0.326 e. The van der Waals surface area contributed by atoms with Gasteiger partial charge in [-0.05, 0) is 30.0 Å². The molecule has 0 saturated carbocycles. The Bertz CT molecular complexity index is 453. The first-order valence-electron chi connectivity index (χ1n) is 6.69. The Hall–Kier alpha value is -2.04. The van der Waals surface area contributed by atoms with Gasteiger partial charge in [0.15, 0.2) is 6.61 Å². The zero-order valence-corrected chi connectivity index (χ0v) is 12.1. The summed E-state index contributed by atoms with van der Waals surface area (Å²) < 4.78 is 5.32. The normalized spacial score (nSPS) is 12.0. The maximum atomic E-state index is 11.6. The Morgan fingerprint density at radius 2 is 1.85 bits per heavy atom. The summed E-state index contributed by atoms with van der Waals surface area (Å²) in [5.41, 5.74) is 1.19. The van der Waals surface area contributed by atoms with E-state index in [-0.39, 0.29) is 6.61 Å². The Balaban J connectivity index is 2.46. The number of carboxylic acids is 1. The second kappa shape index (κ2) is 7.53. The number of benzene rings is 1. The van der Waals surface area contributed by atoms with Crippen LogP contribution in [0.5, 0.6) is 5.75 Å². The Kier molecular flexibility index (Phi) is 6.03. The first-order valence-corrected chi connectivity index (χ1v) is 6.69. The Labute approximate surface area is 118 Å². The summed E-state index contributed by atoms with van der Waals surface area (Å²) in [5, 5.41) is 11.2. The minimum Gasteiger partial charge on any atom is -0.484 e. The Morgan fingerprint density at radius 1 is 1.25 bits per heavy atom. The van der Waals surface area contributed by atoms with Crippen LogP contribution < -0.4 is 10.1 Å². The van der Waals surface area contributed by atoms with E-state index in [9.17, 15) is 9.59 Å². The van der Waals surface area contributed by atoms with E-state index in [0.29, 0.717) is 18.1 Å².